The van der Waals surface area contributed by atoms with Gasteiger partial charge in [-0.15, -0.1) is 0 Å². The van der Waals surface area contributed by atoms with Gasteiger partial charge in [0.25, 0.3) is 0 Å². The summed E-state index contributed by atoms with van der Waals surface area (Å²) in [5.74, 6) is 0.482. The van der Waals surface area contributed by atoms with Crippen molar-refractivity contribution in [2.75, 3.05) is 0 Å². The highest BCUT2D eigenvalue weighted by atomic mass is 16.5. The van der Waals surface area contributed by atoms with E-state index in [1.807, 2.05) is 19.9 Å². The molecule has 2 atom stereocenters. The molecule has 0 heterocycles. The highest BCUT2D eigenvalue weighted by molar-refractivity contribution is 5.69. The average Bonchev–Trinajstić information content (AvgIpc) is 2.38. The predicted octanol–water partition coefficient (Wildman–Crippen LogP) is 5.05. The summed E-state index contributed by atoms with van der Waals surface area (Å²) in [5.41, 5.74) is 1.46. The van der Waals surface area contributed by atoms with Gasteiger partial charge in [-0.1, -0.05) is 57.9 Å². The maximum Gasteiger partial charge on any atom is 0.305 e. The molecule has 0 saturated heterocycles. The molecular weight excluding hydrogens is 236 g/mol. The maximum atomic E-state index is 11.3. The van der Waals surface area contributed by atoms with Gasteiger partial charge in [0.1, 0.15) is 0 Å². The Balaban J connectivity index is 4.36. The van der Waals surface area contributed by atoms with Crippen LogP contribution in [0.4, 0.5) is 0 Å². The molecule has 0 bridgehead atoms. The first kappa shape index (κ1) is 17.9. The van der Waals surface area contributed by atoms with Gasteiger partial charge in [-0.05, 0) is 32.1 Å². The molecule has 0 spiro atoms. The maximum absolute atomic E-state index is 11.3. The first-order valence-electron chi connectivity index (χ1n) is 7.57. The van der Waals surface area contributed by atoms with Crippen molar-refractivity contribution >= 4 is 5.97 Å². The van der Waals surface area contributed by atoms with Crippen LogP contribution in [0.15, 0.2) is 24.3 Å². The van der Waals surface area contributed by atoms with E-state index in [-0.39, 0.29) is 12.1 Å². The molecule has 0 radical (unpaired) electrons. The SMILES string of the molecule is C=C/C=C(\CCC)CC(CC)CC(C)OC(=O)CC. The molecule has 0 rings (SSSR count). The molecular formula is C17H30O2. The molecule has 0 saturated carbocycles. The lowest BCUT2D eigenvalue weighted by molar-refractivity contribution is -0.148. The highest BCUT2D eigenvalue weighted by Crippen LogP contribution is 2.24. The number of rotatable bonds is 10. The molecule has 0 N–H and O–H groups in total. The molecule has 0 fully saturated rings. The van der Waals surface area contributed by atoms with Crippen LogP contribution in [-0.4, -0.2) is 12.1 Å². The first-order chi connectivity index (χ1) is 9.07. The lowest BCUT2D eigenvalue weighted by Gasteiger charge is -2.21. The van der Waals surface area contributed by atoms with E-state index in [9.17, 15) is 4.79 Å². The zero-order valence-electron chi connectivity index (χ0n) is 13.1. The highest BCUT2D eigenvalue weighted by Gasteiger charge is 2.15. The van der Waals surface area contributed by atoms with Crippen LogP contribution < -0.4 is 0 Å². The Labute approximate surface area is 118 Å². The van der Waals surface area contributed by atoms with Crippen LogP contribution in [0.3, 0.4) is 0 Å². The van der Waals surface area contributed by atoms with E-state index in [1.165, 1.54) is 5.57 Å². The van der Waals surface area contributed by atoms with Crippen molar-refractivity contribution in [1.82, 2.24) is 0 Å². The molecule has 0 aromatic rings. The van der Waals surface area contributed by atoms with Crippen molar-refractivity contribution < 1.29 is 9.53 Å². The van der Waals surface area contributed by atoms with Crippen LogP contribution in [0.1, 0.15) is 66.2 Å². The molecule has 0 aromatic carbocycles. The molecule has 2 unspecified atom stereocenters. The van der Waals surface area contributed by atoms with Gasteiger partial charge in [0.2, 0.25) is 0 Å². The van der Waals surface area contributed by atoms with Crippen LogP contribution in [0.25, 0.3) is 0 Å². The lowest BCUT2D eigenvalue weighted by atomic mass is 9.90. The third-order valence-electron chi connectivity index (χ3n) is 3.34. The normalized spacial score (nSPS) is 14.8. The lowest BCUT2D eigenvalue weighted by Crippen LogP contribution is -2.18. The van der Waals surface area contributed by atoms with Gasteiger partial charge in [-0.3, -0.25) is 4.79 Å². The molecule has 19 heavy (non-hydrogen) atoms. The first-order valence-corrected chi connectivity index (χ1v) is 7.57. The van der Waals surface area contributed by atoms with Crippen molar-refractivity contribution in [2.24, 2.45) is 5.92 Å². The van der Waals surface area contributed by atoms with Crippen molar-refractivity contribution in [3.63, 3.8) is 0 Å². The summed E-state index contributed by atoms with van der Waals surface area (Å²) in [7, 11) is 0. The summed E-state index contributed by atoms with van der Waals surface area (Å²) < 4.78 is 5.35. The van der Waals surface area contributed by atoms with Crippen LogP contribution in [-0.2, 0) is 9.53 Å². The third-order valence-corrected chi connectivity index (χ3v) is 3.34. The number of hydrogen-bond donors (Lipinski definition) is 0. The van der Waals surface area contributed by atoms with Crippen LogP contribution in [0.2, 0.25) is 0 Å². The summed E-state index contributed by atoms with van der Waals surface area (Å²) in [4.78, 5) is 11.3. The molecule has 2 heteroatoms. The molecule has 0 aliphatic carbocycles. The quantitative estimate of drug-likeness (QED) is 0.408. The largest absolute Gasteiger partial charge is 0.463 e. The number of esters is 1. The molecule has 0 aliphatic heterocycles. The van der Waals surface area contributed by atoms with Gasteiger partial charge in [0.15, 0.2) is 0 Å². The van der Waals surface area contributed by atoms with E-state index < -0.39 is 0 Å². The molecule has 0 aromatic heterocycles. The second kappa shape index (κ2) is 10.8. The predicted molar refractivity (Wildman–Crippen MR) is 82.0 cm³/mol. The van der Waals surface area contributed by atoms with Crippen molar-refractivity contribution in [1.29, 1.82) is 0 Å². The Morgan fingerprint density at radius 2 is 2.00 bits per heavy atom. The van der Waals surface area contributed by atoms with E-state index in [1.54, 1.807) is 0 Å². The van der Waals surface area contributed by atoms with Crippen LogP contribution >= 0.6 is 0 Å². The zero-order valence-corrected chi connectivity index (χ0v) is 13.1. The fraction of sp³-hybridized carbons (Fsp3) is 0.706. The van der Waals surface area contributed by atoms with Gasteiger partial charge in [0, 0.05) is 6.42 Å². The average molecular weight is 266 g/mol. The Morgan fingerprint density at radius 3 is 2.47 bits per heavy atom. The number of carbonyl (C=O) groups is 1. The van der Waals surface area contributed by atoms with Gasteiger partial charge >= 0.3 is 5.97 Å². The minimum Gasteiger partial charge on any atom is -0.463 e. The Kier molecular flexibility index (Phi) is 10.2. The third kappa shape index (κ3) is 8.63. The van der Waals surface area contributed by atoms with E-state index in [4.69, 9.17) is 4.74 Å². The summed E-state index contributed by atoms with van der Waals surface area (Å²) >= 11 is 0. The summed E-state index contributed by atoms with van der Waals surface area (Å²) in [6.07, 6.45) is 9.93. The monoisotopic (exact) mass is 266 g/mol. The van der Waals surface area contributed by atoms with Gasteiger partial charge in [-0.2, -0.15) is 0 Å². The second-order valence-electron chi connectivity index (χ2n) is 5.18. The Hall–Kier alpha value is -1.05. The molecule has 0 amide bonds. The number of ether oxygens (including phenoxy) is 1. The number of carbonyl (C=O) groups excluding carboxylic acids is 1. The van der Waals surface area contributed by atoms with Gasteiger partial charge in [0.05, 0.1) is 6.10 Å². The second-order valence-corrected chi connectivity index (χ2v) is 5.18. The summed E-state index contributed by atoms with van der Waals surface area (Å²) in [6.45, 7) is 12.0. The van der Waals surface area contributed by atoms with E-state index >= 15 is 0 Å². The van der Waals surface area contributed by atoms with Crippen LogP contribution in [0.5, 0.6) is 0 Å². The van der Waals surface area contributed by atoms with Gasteiger partial charge in [-0.25, -0.2) is 0 Å². The summed E-state index contributed by atoms with van der Waals surface area (Å²) in [6, 6.07) is 0. The van der Waals surface area contributed by atoms with Crippen molar-refractivity contribution in [2.45, 2.75) is 72.3 Å². The topological polar surface area (TPSA) is 26.3 Å². The standard InChI is InChI=1S/C17H30O2/c1-6-10-16(11-7-2)13-15(8-3)12-14(5)19-17(18)9-4/h6,10,14-15H,1,7-9,11-13H2,2-5H3/b16-10+. The van der Waals surface area contributed by atoms with E-state index in [2.05, 4.69) is 26.5 Å². The Morgan fingerprint density at radius 1 is 1.32 bits per heavy atom. The minimum absolute atomic E-state index is 0.0176. The van der Waals surface area contributed by atoms with Crippen molar-refractivity contribution in [3.8, 4) is 0 Å². The minimum atomic E-state index is -0.0993. The van der Waals surface area contributed by atoms with Crippen molar-refractivity contribution in [3.05, 3.63) is 24.3 Å². The van der Waals surface area contributed by atoms with Crippen LogP contribution in [0, 0.1) is 5.92 Å². The van der Waals surface area contributed by atoms with E-state index in [0.29, 0.717) is 12.3 Å². The zero-order chi connectivity index (χ0) is 14.7. The molecule has 2 nitrogen and oxygen atoms in total. The molecule has 110 valence electrons. The molecule has 0 aliphatic rings. The Bertz CT molecular complexity index is 292. The summed E-state index contributed by atoms with van der Waals surface area (Å²) in [5, 5.41) is 0. The number of hydrogen-bond acceptors (Lipinski definition) is 2. The van der Waals surface area contributed by atoms with E-state index in [0.717, 1.165) is 32.1 Å². The van der Waals surface area contributed by atoms with Gasteiger partial charge < -0.3 is 4.74 Å². The number of allylic oxidation sites excluding steroid dienone is 3. The fourth-order valence-electron chi connectivity index (χ4n) is 2.33. The smallest absolute Gasteiger partial charge is 0.305 e. The fourth-order valence-corrected chi connectivity index (χ4v) is 2.33.